The molecule has 0 saturated carbocycles. The molecule has 0 fully saturated rings. The van der Waals surface area contributed by atoms with Gasteiger partial charge in [-0.15, -0.1) is 0 Å². The molecule has 1 heterocycles. The highest BCUT2D eigenvalue weighted by atomic mass is 19.1. The van der Waals surface area contributed by atoms with E-state index >= 15 is 0 Å². The summed E-state index contributed by atoms with van der Waals surface area (Å²) in [5.74, 6) is 0.667. The molecule has 86 valence electrons. The Morgan fingerprint density at radius 3 is 2.75 bits per heavy atom. The first-order valence-corrected chi connectivity index (χ1v) is 5.43. The van der Waals surface area contributed by atoms with Crippen LogP contribution in [0.15, 0.2) is 28.7 Å². The van der Waals surface area contributed by atoms with Crippen molar-refractivity contribution >= 4 is 11.0 Å². The quantitative estimate of drug-likeness (QED) is 0.862. The van der Waals surface area contributed by atoms with Crippen LogP contribution in [0, 0.1) is 5.82 Å². The molecule has 2 unspecified atom stereocenters. The van der Waals surface area contributed by atoms with Gasteiger partial charge in [-0.25, -0.2) is 4.39 Å². The van der Waals surface area contributed by atoms with Crippen molar-refractivity contribution in [3.8, 4) is 0 Å². The fraction of sp³-hybridized carbons (Fsp3) is 0.385. The molecule has 2 aromatic rings. The summed E-state index contributed by atoms with van der Waals surface area (Å²) in [5.41, 5.74) is 0.689. The Hall–Kier alpha value is -1.35. The molecule has 1 N–H and O–H groups in total. The third-order valence-corrected chi connectivity index (χ3v) is 2.68. The van der Waals surface area contributed by atoms with Gasteiger partial charge in [0.2, 0.25) is 0 Å². The molecule has 2 atom stereocenters. The number of aliphatic hydroxyl groups is 1. The highest BCUT2D eigenvalue weighted by Gasteiger charge is 2.13. The average Bonchev–Trinajstić information content (AvgIpc) is 2.59. The summed E-state index contributed by atoms with van der Waals surface area (Å²) in [6.07, 6.45) is 0.280. The normalized spacial score (nSPS) is 15.2. The highest BCUT2D eigenvalue weighted by molar-refractivity contribution is 5.78. The van der Waals surface area contributed by atoms with Gasteiger partial charge in [0.25, 0.3) is 0 Å². The van der Waals surface area contributed by atoms with Gasteiger partial charge >= 0.3 is 0 Å². The summed E-state index contributed by atoms with van der Waals surface area (Å²) in [4.78, 5) is 0. The fourth-order valence-corrected chi connectivity index (χ4v) is 1.91. The Morgan fingerprint density at radius 2 is 2.06 bits per heavy atom. The molecule has 2 nitrogen and oxygen atoms in total. The first-order chi connectivity index (χ1) is 7.56. The first kappa shape index (κ1) is 11.1. The van der Waals surface area contributed by atoms with Crippen LogP contribution < -0.4 is 0 Å². The molecule has 2 rings (SSSR count). The minimum atomic E-state index is -0.361. The van der Waals surface area contributed by atoms with E-state index in [2.05, 4.69) is 0 Å². The highest BCUT2D eigenvalue weighted by Crippen LogP contribution is 2.28. The number of aliphatic hydroxyl groups excluding tert-OH is 1. The molecule has 0 radical (unpaired) electrons. The smallest absolute Gasteiger partial charge is 0.134 e. The fourth-order valence-electron chi connectivity index (χ4n) is 1.91. The van der Waals surface area contributed by atoms with E-state index in [0.717, 1.165) is 11.1 Å². The number of fused-ring (bicyclic) bond motifs is 1. The maximum absolute atomic E-state index is 13.0. The third kappa shape index (κ3) is 2.25. The summed E-state index contributed by atoms with van der Waals surface area (Å²) >= 11 is 0. The van der Waals surface area contributed by atoms with Crippen LogP contribution in [0.1, 0.15) is 31.9 Å². The number of furan rings is 1. The molecular formula is C13H15FO2. The lowest BCUT2D eigenvalue weighted by Gasteiger charge is -2.09. The van der Waals surface area contributed by atoms with E-state index in [4.69, 9.17) is 4.42 Å². The lowest BCUT2D eigenvalue weighted by atomic mass is 10.0. The van der Waals surface area contributed by atoms with Crippen LogP contribution in [-0.2, 0) is 0 Å². The van der Waals surface area contributed by atoms with Crippen LogP contribution >= 0.6 is 0 Å². The molecule has 16 heavy (non-hydrogen) atoms. The summed E-state index contributed by atoms with van der Waals surface area (Å²) in [6, 6.07) is 6.31. The lowest BCUT2D eigenvalue weighted by molar-refractivity contribution is 0.173. The van der Waals surface area contributed by atoms with Crippen LogP contribution in [0.3, 0.4) is 0 Å². The van der Waals surface area contributed by atoms with Crippen molar-refractivity contribution in [2.45, 2.75) is 32.3 Å². The second kappa shape index (κ2) is 4.26. The Balaban J connectivity index is 2.32. The second-order valence-electron chi connectivity index (χ2n) is 4.32. The van der Waals surface area contributed by atoms with Gasteiger partial charge in [0, 0.05) is 11.3 Å². The lowest BCUT2D eigenvalue weighted by Crippen LogP contribution is -2.04. The van der Waals surface area contributed by atoms with Crippen molar-refractivity contribution in [2.24, 2.45) is 0 Å². The number of hydrogen-bond acceptors (Lipinski definition) is 2. The zero-order valence-electron chi connectivity index (χ0n) is 9.40. The van der Waals surface area contributed by atoms with Crippen molar-refractivity contribution in [3.63, 3.8) is 0 Å². The Morgan fingerprint density at radius 1 is 1.31 bits per heavy atom. The van der Waals surface area contributed by atoms with Crippen molar-refractivity contribution in [3.05, 3.63) is 35.8 Å². The molecule has 0 saturated heterocycles. The summed E-state index contributed by atoms with van der Waals surface area (Å²) in [7, 11) is 0. The van der Waals surface area contributed by atoms with Gasteiger partial charge in [-0.3, -0.25) is 0 Å². The molecule has 0 bridgehead atoms. The van der Waals surface area contributed by atoms with Crippen molar-refractivity contribution in [1.82, 2.24) is 0 Å². The Kier molecular flexibility index (Phi) is 2.97. The molecule has 0 amide bonds. The molecule has 1 aromatic carbocycles. The number of rotatable bonds is 3. The predicted octanol–water partition coefficient (Wildman–Crippen LogP) is 3.45. The summed E-state index contributed by atoms with van der Waals surface area (Å²) in [6.45, 7) is 3.74. The van der Waals surface area contributed by atoms with Crippen LogP contribution in [0.25, 0.3) is 11.0 Å². The minimum absolute atomic E-state index is 0.135. The Labute approximate surface area is 93.7 Å². The van der Waals surface area contributed by atoms with Crippen LogP contribution in [0.5, 0.6) is 0 Å². The molecule has 0 aliphatic rings. The van der Waals surface area contributed by atoms with E-state index in [9.17, 15) is 9.50 Å². The zero-order chi connectivity index (χ0) is 11.7. The van der Waals surface area contributed by atoms with Gasteiger partial charge in [0.05, 0.1) is 6.10 Å². The van der Waals surface area contributed by atoms with Crippen molar-refractivity contribution < 1.29 is 13.9 Å². The number of hydrogen-bond donors (Lipinski definition) is 1. The van der Waals surface area contributed by atoms with Crippen LogP contribution in [-0.4, -0.2) is 11.2 Å². The number of benzene rings is 1. The van der Waals surface area contributed by atoms with Gasteiger partial charge in [0.15, 0.2) is 0 Å². The van der Waals surface area contributed by atoms with Gasteiger partial charge in [-0.1, -0.05) is 6.92 Å². The second-order valence-corrected chi connectivity index (χ2v) is 4.32. The largest absolute Gasteiger partial charge is 0.461 e. The van der Waals surface area contributed by atoms with E-state index in [0.29, 0.717) is 12.0 Å². The van der Waals surface area contributed by atoms with Crippen molar-refractivity contribution in [2.75, 3.05) is 0 Å². The number of halogens is 1. The maximum Gasteiger partial charge on any atom is 0.134 e. The van der Waals surface area contributed by atoms with Crippen LogP contribution in [0.4, 0.5) is 4.39 Å². The molecular weight excluding hydrogens is 207 g/mol. The monoisotopic (exact) mass is 222 g/mol. The van der Waals surface area contributed by atoms with E-state index < -0.39 is 0 Å². The van der Waals surface area contributed by atoms with E-state index in [1.54, 1.807) is 13.0 Å². The zero-order valence-corrected chi connectivity index (χ0v) is 9.40. The van der Waals surface area contributed by atoms with Gasteiger partial charge in [-0.2, -0.15) is 0 Å². The van der Waals surface area contributed by atoms with Crippen LogP contribution in [0.2, 0.25) is 0 Å². The Bertz CT molecular complexity index is 488. The topological polar surface area (TPSA) is 33.4 Å². The molecule has 0 aliphatic carbocycles. The average molecular weight is 222 g/mol. The van der Waals surface area contributed by atoms with Crippen molar-refractivity contribution in [1.29, 1.82) is 0 Å². The molecule has 1 aromatic heterocycles. The van der Waals surface area contributed by atoms with E-state index in [-0.39, 0.29) is 17.8 Å². The SMILES string of the molecule is CC(O)CC(C)c1cc2cc(F)ccc2o1. The van der Waals surface area contributed by atoms with Gasteiger partial charge in [-0.05, 0) is 37.6 Å². The molecule has 0 spiro atoms. The minimum Gasteiger partial charge on any atom is -0.461 e. The standard InChI is InChI=1S/C13H15FO2/c1-8(5-9(2)15)13-7-10-6-11(14)3-4-12(10)16-13/h3-4,6-9,15H,5H2,1-2H3. The van der Waals surface area contributed by atoms with Gasteiger partial charge < -0.3 is 9.52 Å². The van der Waals surface area contributed by atoms with Gasteiger partial charge in [0.1, 0.15) is 17.2 Å². The molecule has 3 heteroatoms. The van der Waals surface area contributed by atoms with E-state index in [1.807, 2.05) is 13.0 Å². The summed E-state index contributed by atoms with van der Waals surface area (Å²) < 4.78 is 18.6. The first-order valence-electron chi connectivity index (χ1n) is 5.43. The third-order valence-electron chi connectivity index (χ3n) is 2.68. The summed E-state index contributed by atoms with van der Waals surface area (Å²) in [5, 5.41) is 10.1. The maximum atomic E-state index is 13.0. The van der Waals surface area contributed by atoms with E-state index in [1.165, 1.54) is 12.1 Å². The molecule has 0 aliphatic heterocycles. The predicted molar refractivity (Wildman–Crippen MR) is 60.9 cm³/mol.